The number of aromatic nitrogens is 1. The van der Waals surface area contributed by atoms with Gasteiger partial charge in [-0.05, 0) is 87.0 Å². The summed E-state index contributed by atoms with van der Waals surface area (Å²) >= 11 is 0. The summed E-state index contributed by atoms with van der Waals surface area (Å²) in [6.07, 6.45) is 0. The average molecular weight is 427 g/mol. The smallest absolute Gasteiger partial charge is 0.256 e. The van der Waals surface area contributed by atoms with Gasteiger partial charge < -0.3 is 14.8 Å². The number of carbonyl (C=O) groups is 1. The molecule has 0 aliphatic carbocycles. The number of amides is 1. The van der Waals surface area contributed by atoms with E-state index < -0.39 is 0 Å². The lowest BCUT2D eigenvalue weighted by Crippen LogP contribution is -2.13. The molecule has 1 aromatic heterocycles. The Hall–Kier alpha value is -3.86. The molecule has 162 valence electrons. The maximum Gasteiger partial charge on any atom is 0.256 e. The molecule has 1 heterocycles. The van der Waals surface area contributed by atoms with Crippen molar-refractivity contribution in [3.63, 3.8) is 0 Å². The van der Waals surface area contributed by atoms with Gasteiger partial charge in [0.1, 0.15) is 11.5 Å². The second-order valence-electron chi connectivity index (χ2n) is 7.67. The molecule has 0 fully saturated rings. The molecule has 0 saturated carbocycles. The van der Waals surface area contributed by atoms with Gasteiger partial charge in [-0.2, -0.15) is 0 Å². The fraction of sp³-hybridized carbons (Fsp3) is 0.185. The molecule has 0 saturated heterocycles. The predicted octanol–water partition coefficient (Wildman–Crippen LogP) is 6.18. The molecule has 4 aromatic rings. The van der Waals surface area contributed by atoms with Gasteiger partial charge in [-0.3, -0.25) is 4.79 Å². The van der Waals surface area contributed by atoms with Crippen molar-refractivity contribution in [2.75, 3.05) is 19.0 Å². The third kappa shape index (κ3) is 4.42. The molecule has 0 unspecified atom stereocenters. The van der Waals surface area contributed by atoms with E-state index in [-0.39, 0.29) is 5.91 Å². The van der Waals surface area contributed by atoms with E-state index in [9.17, 15) is 4.79 Å². The maximum atomic E-state index is 13.4. The normalized spacial score (nSPS) is 10.8. The molecule has 3 aromatic carbocycles. The highest BCUT2D eigenvalue weighted by molar-refractivity contribution is 6.13. The van der Waals surface area contributed by atoms with Gasteiger partial charge >= 0.3 is 0 Å². The molecule has 0 aliphatic rings. The Labute approximate surface area is 188 Å². The lowest BCUT2D eigenvalue weighted by molar-refractivity contribution is 0.102. The summed E-state index contributed by atoms with van der Waals surface area (Å²) in [5, 5.41) is 3.85. The van der Waals surface area contributed by atoms with Crippen molar-refractivity contribution in [2.45, 2.75) is 20.8 Å². The number of methoxy groups -OCH3 is 1. The summed E-state index contributed by atoms with van der Waals surface area (Å²) < 4.78 is 10.8. The number of carbonyl (C=O) groups excluding carboxylic acids is 1. The third-order valence-corrected chi connectivity index (χ3v) is 5.30. The topological polar surface area (TPSA) is 60.5 Å². The number of nitrogens with one attached hydrogen (secondary N) is 1. The molecular weight excluding hydrogens is 400 g/mol. The standard InChI is InChI=1S/C27H26N2O3/c1-5-32-22-12-8-20(9-13-22)28-27(30)24-16-25(19-6-10-21(31-4)11-7-19)29-26-18(3)14-17(2)15-23(24)26/h6-16H,5H2,1-4H3,(H,28,30). The molecule has 5 nitrogen and oxygen atoms in total. The van der Waals surface area contributed by atoms with Gasteiger partial charge in [0.15, 0.2) is 0 Å². The van der Waals surface area contributed by atoms with Gasteiger partial charge in [-0.1, -0.05) is 11.6 Å². The van der Waals surface area contributed by atoms with E-state index in [1.165, 1.54) is 0 Å². The van der Waals surface area contributed by atoms with Gasteiger partial charge in [-0.25, -0.2) is 4.98 Å². The van der Waals surface area contributed by atoms with Crippen molar-refractivity contribution >= 4 is 22.5 Å². The lowest BCUT2D eigenvalue weighted by atomic mass is 9.99. The molecular formula is C27H26N2O3. The molecule has 0 spiro atoms. The minimum atomic E-state index is -0.179. The first kappa shape index (κ1) is 21.4. The Morgan fingerprint density at radius 1 is 0.938 bits per heavy atom. The number of anilines is 1. The fourth-order valence-corrected chi connectivity index (χ4v) is 3.78. The van der Waals surface area contributed by atoms with E-state index >= 15 is 0 Å². The van der Waals surface area contributed by atoms with Crippen LogP contribution in [-0.4, -0.2) is 24.6 Å². The van der Waals surface area contributed by atoms with E-state index in [1.807, 2.05) is 81.4 Å². The summed E-state index contributed by atoms with van der Waals surface area (Å²) in [5.74, 6) is 1.36. The molecule has 1 N–H and O–H groups in total. The fourth-order valence-electron chi connectivity index (χ4n) is 3.78. The Balaban J connectivity index is 1.77. The van der Waals surface area contributed by atoms with Gasteiger partial charge in [-0.15, -0.1) is 0 Å². The number of benzene rings is 3. The molecule has 4 rings (SSSR count). The van der Waals surface area contributed by atoms with Gasteiger partial charge in [0, 0.05) is 16.6 Å². The van der Waals surface area contributed by atoms with Crippen LogP contribution in [0.15, 0.2) is 66.7 Å². The van der Waals surface area contributed by atoms with Crippen LogP contribution in [0.4, 0.5) is 5.69 Å². The Morgan fingerprint density at radius 2 is 1.62 bits per heavy atom. The highest BCUT2D eigenvalue weighted by atomic mass is 16.5. The molecule has 0 aliphatic heterocycles. The number of aryl methyl sites for hydroxylation is 2. The minimum absolute atomic E-state index is 0.179. The van der Waals surface area contributed by atoms with Crippen molar-refractivity contribution in [1.29, 1.82) is 0 Å². The van der Waals surface area contributed by atoms with E-state index in [0.29, 0.717) is 17.9 Å². The first-order valence-electron chi connectivity index (χ1n) is 10.6. The SMILES string of the molecule is CCOc1ccc(NC(=O)c2cc(-c3ccc(OC)cc3)nc3c(C)cc(C)cc23)cc1. The van der Waals surface area contributed by atoms with Crippen molar-refractivity contribution < 1.29 is 14.3 Å². The zero-order valence-corrected chi connectivity index (χ0v) is 18.7. The number of pyridine rings is 1. The predicted molar refractivity (Wildman–Crippen MR) is 129 cm³/mol. The van der Waals surface area contributed by atoms with E-state index in [2.05, 4.69) is 11.4 Å². The summed E-state index contributed by atoms with van der Waals surface area (Å²) in [7, 11) is 1.64. The summed E-state index contributed by atoms with van der Waals surface area (Å²) in [5.41, 5.74) is 5.89. The first-order valence-corrected chi connectivity index (χ1v) is 10.6. The summed E-state index contributed by atoms with van der Waals surface area (Å²) in [6, 6.07) is 21.0. The zero-order valence-electron chi connectivity index (χ0n) is 18.7. The first-order chi connectivity index (χ1) is 15.5. The zero-order chi connectivity index (χ0) is 22.7. The minimum Gasteiger partial charge on any atom is -0.497 e. The van der Waals surface area contributed by atoms with Crippen LogP contribution in [0.25, 0.3) is 22.2 Å². The third-order valence-electron chi connectivity index (χ3n) is 5.30. The lowest BCUT2D eigenvalue weighted by Gasteiger charge is -2.13. The van der Waals surface area contributed by atoms with Crippen LogP contribution in [-0.2, 0) is 0 Å². The summed E-state index contributed by atoms with van der Waals surface area (Å²) in [6.45, 7) is 6.59. The second-order valence-corrected chi connectivity index (χ2v) is 7.67. The number of fused-ring (bicyclic) bond motifs is 1. The largest absolute Gasteiger partial charge is 0.497 e. The quantitative estimate of drug-likeness (QED) is 0.400. The van der Waals surface area contributed by atoms with Crippen molar-refractivity contribution in [3.05, 3.63) is 83.4 Å². The second kappa shape index (κ2) is 9.10. The Bertz CT molecular complexity index is 1260. The van der Waals surface area contributed by atoms with Crippen molar-refractivity contribution in [3.8, 4) is 22.8 Å². The monoisotopic (exact) mass is 426 g/mol. The van der Waals surface area contributed by atoms with Crippen LogP contribution < -0.4 is 14.8 Å². The van der Waals surface area contributed by atoms with E-state index in [4.69, 9.17) is 14.5 Å². The van der Waals surface area contributed by atoms with Crippen LogP contribution in [0.3, 0.4) is 0 Å². The highest BCUT2D eigenvalue weighted by Crippen LogP contribution is 2.29. The molecule has 1 amide bonds. The number of nitrogens with zero attached hydrogens (tertiary/aromatic N) is 1. The number of hydrogen-bond donors (Lipinski definition) is 1. The van der Waals surface area contributed by atoms with Crippen LogP contribution in [0.2, 0.25) is 0 Å². The Kier molecular flexibility index (Phi) is 6.08. The van der Waals surface area contributed by atoms with Crippen LogP contribution in [0, 0.1) is 13.8 Å². The van der Waals surface area contributed by atoms with Gasteiger partial charge in [0.25, 0.3) is 5.91 Å². The molecule has 0 atom stereocenters. The van der Waals surface area contributed by atoms with Gasteiger partial charge in [0.2, 0.25) is 0 Å². The van der Waals surface area contributed by atoms with Crippen LogP contribution >= 0.6 is 0 Å². The molecule has 0 radical (unpaired) electrons. The van der Waals surface area contributed by atoms with Crippen molar-refractivity contribution in [2.24, 2.45) is 0 Å². The average Bonchev–Trinajstić information content (AvgIpc) is 2.80. The van der Waals surface area contributed by atoms with Crippen LogP contribution in [0.5, 0.6) is 11.5 Å². The van der Waals surface area contributed by atoms with Gasteiger partial charge in [0.05, 0.1) is 30.5 Å². The maximum absolute atomic E-state index is 13.4. The summed E-state index contributed by atoms with van der Waals surface area (Å²) in [4.78, 5) is 18.2. The highest BCUT2D eigenvalue weighted by Gasteiger charge is 2.16. The van der Waals surface area contributed by atoms with E-state index in [0.717, 1.165) is 44.8 Å². The molecule has 32 heavy (non-hydrogen) atoms. The van der Waals surface area contributed by atoms with E-state index in [1.54, 1.807) is 7.11 Å². The number of ether oxygens (including phenoxy) is 2. The van der Waals surface area contributed by atoms with Crippen LogP contribution in [0.1, 0.15) is 28.4 Å². The van der Waals surface area contributed by atoms with Crippen molar-refractivity contribution in [1.82, 2.24) is 4.98 Å². The molecule has 5 heteroatoms. The molecule has 0 bridgehead atoms. The number of rotatable bonds is 6. The Morgan fingerprint density at radius 3 is 2.28 bits per heavy atom. The number of hydrogen-bond acceptors (Lipinski definition) is 4.